The number of piperazine rings is 1. The van der Waals surface area contributed by atoms with E-state index in [1.807, 2.05) is 36.1 Å². The maximum Gasteiger partial charge on any atom is 0.228 e. The van der Waals surface area contributed by atoms with Crippen molar-refractivity contribution in [2.45, 2.75) is 19.9 Å². The first-order valence-electron chi connectivity index (χ1n) is 9.02. The van der Waals surface area contributed by atoms with Gasteiger partial charge in [-0.25, -0.2) is 0 Å². The smallest absolute Gasteiger partial charge is 0.228 e. The van der Waals surface area contributed by atoms with Crippen LogP contribution in [0.2, 0.25) is 0 Å². The fraction of sp³-hybridized carbons (Fsp3) is 0.579. The number of nitrogens with zero attached hydrogens (tertiary/aromatic N) is 3. The van der Waals surface area contributed by atoms with Crippen molar-refractivity contribution >= 4 is 11.8 Å². The van der Waals surface area contributed by atoms with Gasteiger partial charge in [-0.15, -0.1) is 0 Å². The Labute approximate surface area is 149 Å². The monoisotopic (exact) mass is 345 g/mol. The Hall–Kier alpha value is -1.92. The molecule has 0 aromatic heterocycles. The molecule has 2 amide bonds. The Morgan fingerprint density at radius 1 is 1.16 bits per heavy atom. The minimum Gasteiger partial charge on any atom is -0.395 e. The topological polar surface area (TPSA) is 64.1 Å². The second-order valence-electron chi connectivity index (χ2n) is 7.05. The van der Waals surface area contributed by atoms with Crippen molar-refractivity contribution in [1.29, 1.82) is 0 Å². The first-order valence-corrected chi connectivity index (χ1v) is 9.02. The Morgan fingerprint density at radius 3 is 2.48 bits per heavy atom. The summed E-state index contributed by atoms with van der Waals surface area (Å²) < 4.78 is 0. The van der Waals surface area contributed by atoms with Crippen LogP contribution in [0, 0.1) is 12.8 Å². The molecule has 1 aromatic carbocycles. The number of rotatable bonds is 5. The van der Waals surface area contributed by atoms with Gasteiger partial charge in [0.1, 0.15) is 0 Å². The lowest BCUT2D eigenvalue weighted by Crippen LogP contribution is -2.51. The number of likely N-dealkylation sites (tertiary alicyclic amines) is 1. The van der Waals surface area contributed by atoms with Gasteiger partial charge in [0.25, 0.3) is 0 Å². The van der Waals surface area contributed by atoms with Crippen LogP contribution in [-0.4, -0.2) is 77.5 Å². The summed E-state index contributed by atoms with van der Waals surface area (Å²) in [4.78, 5) is 30.9. The van der Waals surface area contributed by atoms with Crippen molar-refractivity contribution in [2.24, 2.45) is 5.92 Å². The highest BCUT2D eigenvalue weighted by Crippen LogP contribution is 2.23. The molecule has 1 unspecified atom stereocenters. The first-order chi connectivity index (χ1) is 12.1. The number of hydrogen-bond acceptors (Lipinski definition) is 4. The van der Waals surface area contributed by atoms with E-state index in [1.165, 1.54) is 5.56 Å². The second-order valence-corrected chi connectivity index (χ2v) is 7.05. The van der Waals surface area contributed by atoms with Crippen molar-refractivity contribution in [3.05, 3.63) is 35.4 Å². The third-order valence-corrected chi connectivity index (χ3v) is 5.16. The van der Waals surface area contributed by atoms with E-state index in [0.717, 1.165) is 18.7 Å². The fourth-order valence-electron chi connectivity index (χ4n) is 3.60. The summed E-state index contributed by atoms with van der Waals surface area (Å²) in [5.74, 6) is -0.0522. The maximum absolute atomic E-state index is 12.7. The number of benzene rings is 1. The summed E-state index contributed by atoms with van der Waals surface area (Å²) in [6.45, 7) is 6.89. The number of amides is 2. The Morgan fingerprint density at radius 2 is 1.84 bits per heavy atom. The van der Waals surface area contributed by atoms with Crippen LogP contribution in [0.1, 0.15) is 17.5 Å². The van der Waals surface area contributed by atoms with E-state index in [1.54, 1.807) is 4.90 Å². The summed E-state index contributed by atoms with van der Waals surface area (Å²) in [7, 11) is 0. The SMILES string of the molecule is Cc1ccc(CN2CC(C(=O)N3CCN(CCO)CC3)CC2=O)cc1. The predicted molar refractivity (Wildman–Crippen MR) is 94.8 cm³/mol. The van der Waals surface area contributed by atoms with Crippen molar-refractivity contribution in [3.8, 4) is 0 Å². The maximum atomic E-state index is 12.7. The van der Waals surface area contributed by atoms with Crippen LogP contribution < -0.4 is 0 Å². The number of carbonyl (C=O) groups is 2. The highest BCUT2D eigenvalue weighted by atomic mass is 16.3. The van der Waals surface area contributed by atoms with Gasteiger partial charge in [0.15, 0.2) is 0 Å². The van der Waals surface area contributed by atoms with Crippen LogP contribution in [-0.2, 0) is 16.1 Å². The molecule has 3 rings (SSSR count). The molecule has 1 aromatic rings. The Balaban J connectivity index is 1.53. The summed E-state index contributed by atoms with van der Waals surface area (Å²) in [5, 5.41) is 9.00. The van der Waals surface area contributed by atoms with Gasteiger partial charge in [-0.2, -0.15) is 0 Å². The summed E-state index contributed by atoms with van der Waals surface area (Å²) in [5.41, 5.74) is 2.30. The van der Waals surface area contributed by atoms with E-state index >= 15 is 0 Å². The van der Waals surface area contributed by atoms with E-state index in [-0.39, 0.29) is 24.3 Å². The molecule has 2 aliphatic rings. The molecule has 6 heteroatoms. The van der Waals surface area contributed by atoms with E-state index in [0.29, 0.717) is 39.1 Å². The normalized spacial score (nSPS) is 21.8. The molecule has 0 radical (unpaired) electrons. The minimum atomic E-state index is -0.220. The third-order valence-electron chi connectivity index (χ3n) is 5.16. The highest BCUT2D eigenvalue weighted by Gasteiger charge is 2.37. The van der Waals surface area contributed by atoms with Gasteiger partial charge in [0.05, 0.1) is 12.5 Å². The summed E-state index contributed by atoms with van der Waals surface area (Å²) in [6.07, 6.45) is 0.321. The second kappa shape index (κ2) is 7.97. The molecule has 1 N–H and O–H groups in total. The van der Waals surface area contributed by atoms with Crippen molar-refractivity contribution < 1.29 is 14.7 Å². The number of aliphatic hydroxyl groups is 1. The van der Waals surface area contributed by atoms with Crippen LogP contribution in [0.15, 0.2) is 24.3 Å². The van der Waals surface area contributed by atoms with Gasteiger partial charge in [0, 0.05) is 52.2 Å². The zero-order chi connectivity index (χ0) is 17.8. The molecular formula is C19H27N3O3. The van der Waals surface area contributed by atoms with E-state index in [4.69, 9.17) is 5.11 Å². The molecule has 1 atom stereocenters. The van der Waals surface area contributed by atoms with Crippen LogP contribution in [0.4, 0.5) is 0 Å². The summed E-state index contributed by atoms with van der Waals surface area (Å²) >= 11 is 0. The largest absolute Gasteiger partial charge is 0.395 e. The fourth-order valence-corrected chi connectivity index (χ4v) is 3.60. The van der Waals surface area contributed by atoms with Gasteiger partial charge in [-0.05, 0) is 12.5 Å². The molecule has 25 heavy (non-hydrogen) atoms. The first kappa shape index (κ1) is 17.9. The predicted octanol–water partition coefficient (Wildman–Crippen LogP) is 0.480. The average molecular weight is 345 g/mol. The van der Waals surface area contributed by atoms with Crippen LogP contribution in [0.3, 0.4) is 0 Å². The third kappa shape index (κ3) is 4.38. The lowest BCUT2D eigenvalue weighted by molar-refractivity contribution is -0.137. The Kier molecular flexibility index (Phi) is 5.71. The lowest BCUT2D eigenvalue weighted by Gasteiger charge is -2.35. The summed E-state index contributed by atoms with van der Waals surface area (Å²) in [6, 6.07) is 8.17. The highest BCUT2D eigenvalue weighted by molar-refractivity contribution is 5.89. The van der Waals surface area contributed by atoms with Crippen LogP contribution in [0.25, 0.3) is 0 Å². The van der Waals surface area contributed by atoms with E-state index in [9.17, 15) is 9.59 Å². The van der Waals surface area contributed by atoms with Crippen molar-refractivity contribution in [3.63, 3.8) is 0 Å². The van der Waals surface area contributed by atoms with E-state index in [2.05, 4.69) is 4.90 Å². The minimum absolute atomic E-state index is 0.0674. The quantitative estimate of drug-likeness (QED) is 0.843. The van der Waals surface area contributed by atoms with Gasteiger partial charge in [-0.3, -0.25) is 14.5 Å². The molecule has 0 saturated carbocycles. The van der Waals surface area contributed by atoms with Crippen LogP contribution >= 0.6 is 0 Å². The average Bonchev–Trinajstić information content (AvgIpc) is 2.98. The zero-order valence-electron chi connectivity index (χ0n) is 14.9. The number of β-amino-alcohol motifs (C(OH)–C–C–N with tert-alkyl or cyclic N) is 1. The molecule has 136 valence electrons. The Bertz CT molecular complexity index is 609. The van der Waals surface area contributed by atoms with Gasteiger partial charge in [0.2, 0.25) is 11.8 Å². The molecular weight excluding hydrogens is 318 g/mol. The molecule has 2 saturated heterocycles. The van der Waals surface area contributed by atoms with Gasteiger partial charge in [-0.1, -0.05) is 29.8 Å². The molecule has 2 fully saturated rings. The number of aliphatic hydroxyl groups excluding tert-OH is 1. The van der Waals surface area contributed by atoms with Crippen LogP contribution in [0.5, 0.6) is 0 Å². The molecule has 2 aliphatic heterocycles. The molecule has 0 spiro atoms. The van der Waals surface area contributed by atoms with Crippen molar-refractivity contribution in [2.75, 3.05) is 45.9 Å². The molecule has 0 bridgehead atoms. The van der Waals surface area contributed by atoms with E-state index < -0.39 is 0 Å². The zero-order valence-corrected chi connectivity index (χ0v) is 14.9. The molecule has 6 nitrogen and oxygen atoms in total. The molecule has 2 heterocycles. The number of carbonyl (C=O) groups excluding carboxylic acids is 2. The van der Waals surface area contributed by atoms with Gasteiger partial charge < -0.3 is 14.9 Å². The lowest BCUT2D eigenvalue weighted by atomic mass is 10.1. The standard InChI is InChI=1S/C19H27N3O3/c1-15-2-4-16(5-3-15)13-22-14-17(12-18(22)24)19(25)21-8-6-20(7-9-21)10-11-23/h2-5,17,23H,6-14H2,1H3. The number of hydrogen-bond donors (Lipinski definition) is 1. The van der Waals surface area contributed by atoms with Gasteiger partial charge >= 0.3 is 0 Å². The van der Waals surface area contributed by atoms with Crippen molar-refractivity contribution in [1.82, 2.24) is 14.7 Å². The molecule has 0 aliphatic carbocycles. The number of aryl methyl sites for hydroxylation is 1.